The molecule has 0 unspecified atom stereocenters. The first kappa shape index (κ1) is 7.93. The van der Waals surface area contributed by atoms with Crippen LogP contribution in [-0.4, -0.2) is 11.5 Å². The highest BCUT2D eigenvalue weighted by molar-refractivity contribution is 7.99. The van der Waals surface area contributed by atoms with Gasteiger partial charge in [-0.1, -0.05) is 25.2 Å². The lowest BCUT2D eigenvalue weighted by Crippen LogP contribution is -1.82. The van der Waals surface area contributed by atoms with Crippen molar-refractivity contribution in [1.82, 2.24) is 0 Å². The minimum atomic E-state index is 1.15. The molecule has 0 saturated carbocycles. The number of thioether (sulfide) groups is 1. The minimum absolute atomic E-state index is 1.15. The van der Waals surface area contributed by atoms with Gasteiger partial charge in [-0.2, -0.15) is 11.8 Å². The number of hydrogen-bond donors (Lipinski definition) is 0. The summed E-state index contributed by atoms with van der Waals surface area (Å²) < 4.78 is 0. The molecule has 1 heteroatoms. The molecule has 0 nitrogen and oxygen atoms in total. The Kier molecular flexibility index (Phi) is 3.66. The third-order valence-corrected chi connectivity index (χ3v) is 2.70. The molecule has 0 atom stereocenters. The molecule has 56 valence electrons. The molecule has 0 saturated heterocycles. The fourth-order valence-electron chi connectivity index (χ4n) is 0.948. The maximum absolute atomic E-state index is 2.31. The van der Waals surface area contributed by atoms with Gasteiger partial charge in [-0.15, -0.1) is 0 Å². The fourth-order valence-corrected chi connectivity index (χ4v) is 1.83. The van der Waals surface area contributed by atoms with E-state index in [1.165, 1.54) is 23.5 Å². The maximum atomic E-state index is 2.31. The Labute approximate surface area is 67.4 Å². The standard InChI is InChI=1S/C9H14S/c1-2-7-10-8-9-5-3-4-6-9/h3,5-6H,2,4,7-8H2,1H3. The van der Waals surface area contributed by atoms with Crippen molar-refractivity contribution in [2.24, 2.45) is 0 Å². The third kappa shape index (κ3) is 2.61. The summed E-state index contributed by atoms with van der Waals surface area (Å²) >= 11 is 2.03. The topological polar surface area (TPSA) is 0 Å². The molecule has 0 heterocycles. The zero-order chi connectivity index (χ0) is 7.23. The van der Waals surface area contributed by atoms with Crippen LogP contribution in [0.5, 0.6) is 0 Å². The second-order valence-electron chi connectivity index (χ2n) is 2.47. The first-order valence-corrected chi connectivity index (χ1v) is 5.02. The fraction of sp³-hybridized carbons (Fsp3) is 0.556. The Morgan fingerprint density at radius 3 is 3.10 bits per heavy atom. The van der Waals surface area contributed by atoms with E-state index in [1.807, 2.05) is 11.8 Å². The van der Waals surface area contributed by atoms with Crippen molar-refractivity contribution < 1.29 is 0 Å². The molecule has 0 fully saturated rings. The van der Waals surface area contributed by atoms with Crippen LogP contribution in [0.3, 0.4) is 0 Å². The van der Waals surface area contributed by atoms with Gasteiger partial charge in [-0.3, -0.25) is 0 Å². The number of rotatable bonds is 4. The molecule has 1 rings (SSSR count). The van der Waals surface area contributed by atoms with Crippen LogP contribution in [0.2, 0.25) is 0 Å². The van der Waals surface area contributed by atoms with Gasteiger partial charge < -0.3 is 0 Å². The van der Waals surface area contributed by atoms with Gasteiger partial charge in [-0.25, -0.2) is 0 Å². The molecule has 1 aliphatic carbocycles. The summed E-state index contributed by atoms with van der Waals surface area (Å²) in [5.74, 6) is 2.51. The van der Waals surface area contributed by atoms with Gasteiger partial charge in [-0.05, 0) is 24.2 Å². The van der Waals surface area contributed by atoms with E-state index < -0.39 is 0 Å². The van der Waals surface area contributed by atoms with E-state index >= 15 is 0 Å². The van der Waals surface area contributed by atoms with E-state index in [0.29, 0.717) is 0 Å². The highest BCUT2D eigenvalue weighted by Crippen LogP contribution is 2.15. The van der Waals surface area contributed by atoms with Crippen LogP contribution >= 0.6 is 11.8 Å². The van der Waals surface area contributed by atoms with Gasteiger partial charge in [0.15, 0.2) is 0 Å². The normalized spacial score (nSPS) is 15.9. The summed E-state index contributed by atoms with van der Waals surface area (Å²) in [5.41, 5.74) is 1.51. The predicted octanol–water partition coefficient (Wildman–Crippen LogP) is 3.02. The van der Waals surface area contributed by atoms with Crippen molar-refractivity contribution in [3.63, 3.8) is 0 Å². The van der Waals surface area contributed by atoms with Crippen LogP contribution in [0, 0.1) is 0 Å². The smallest absolute Gasteiger partial charge is 0.0181 e. The van der Waals surface area contributed by atoms with Crippen LogP contribution in [-0.2, 0) is 0 Å². The number of allylic oxidation sites excluding steroid dienone is 3. The Morgan fingerprint density at radius 1 is 1.60 bits per heavy atom. The van der Waals surface area contributed by atoms with Gasteiger partial charge in [0.2, 0.25) is 0 Å². The van der Waals surface area contributed by atoms with Crippen molar-refractivity contribution in [3.05, 3.63) is 23.8 Å². The lowest BCUT2D eigenvalue weighted by Gasteiger charge is -1.96. The molecule has 1 aliphatic rings. The third-order valence-electron chi connectivity index (χ3n) is 1.47. The van der Waals surface area contributed by atoms with Crippen LogP contribution in [0.1, 0.15) is 19.8 Å². The Balaban J connectivity index is 2.08. The summed E-state index contributed by atoms with van der Waals surface area (Å²) in [4.78, 5) is 0. The molecular formula is C9H14S. The molecule has 0 aromatic rings. The lowest BCUT2D eigenvalue weighted by molar-refractivity contribution is 1.11. The summed E-state index contributed by atoms with van der Waals surface area (Å²) in [5, 5.41) is 0. The van der Waals surface area contributed by atoms with Crippen molar-refractivity contribution in [2.45, 2.75) is 19.8 Å². The van der Waals surface area contributed by atoms with Gasteiger partial charge in [0, 0.05) is 5.75 Å². The van der Waals surface area contributed by atoms with E-state index in [1.54, 1.807) is 0 Å². The second-order valence-corrected chi connectivity index (χ2v) is 3.57. The van der Waals surface area contributed by atoms with E-state index in [0.717, 1.165) is 6.42 Å². The van der Waals surface area contributed by atoms with Gasteiger partial charge in [0.05, 0.1) is 0 Å². The van der Waals surface area contributed by atoms with Crippen molar-refractivity contribution in [2.75, 3.05) is 11.5 Å². The molecular weight excluding hydrogens is 140 g/mol. The van der Waals surface area contributed by atoms with E-state index in [9.17, 15) is 0 Å². The second kappa shape index (κ2) is 4.62. The van der Waals surface area contributed by atoms with Crippen LogP contribution in [0.4, 0.5) is 0 Å². The Morgan fingerprint density at radius 2 is 2.50 bits per heavy atom. The summed E-state index contributed by atoms with van der Waals surface area (Å²) in [7, 11) is 0. The van der Waals surface area contributed by atoms with Gasteiger partial charge in [0.1, 0.15) is 0 Å². The van der Waals surface area contributed by atoms with Crippen molar-refractivity contribution in [3.8, 4) is 0 Å². The average Bonchev–Trinajstić information content (AvgIpc) is 2.41. The predicted molar refractivity (Wildman–Crippen MR) is 49.5 cm³/mol. The van der Waals surface area contributed by atoms with Gasteiger partial charge in [0.25, 0.3) is 0 Å². The molecule has 0 bridgehead atoms. The number of hydrogen-bond acceptors (Lipinski definition) is 1. The highest BCUT2D eigenvalue weighted by Gasteiger charge is 1.95. The van der Waals surface area contributed by atoms with E-state index in [4.69, 9.17) is 0 Å². The maximum Gasteiger partial charge on any atom is 0.0181 e. The van der Waals surface area contributed by atoms with Crippen molar-refractivity contribution in [1.29, 1.82) is 0 Å². The molecule has 0 N–H and O–H groups in total. The van der Waals surface area contributed by atoms with E-state index in [2.05, 4.69) is 25.2 Å². The Hall–Kier alpha value is -0.170. The van der Waals surface area contributed by atoms with E-state index in [-0.39, 0.29) is 0 Å². The molecule has 0 aromatic heterocycles. The average molecular weight is 154 g/mol. The van der Waals surface area contributed by atoms with Gasteiger partial charge >= 0.3 is 0 Å². The first-order chi connectivity index (χ1) is 4.93. The largest absolute Gasteiger partial charge is 0.157 e. The molecule has 0 spiro atoms. The summed E-state index contributed by atoms with van der Waals surface area (Å²) in [6.07, 6.45) is 9.22. The van der Waals surface area contributed by atoms with Crippen LogP contribution < -0.4 is 0 Å². The minimum Gasteiger partial charge on any atom is -0.157 e. The molecule has 0 amide bonds. The molecule has 0 aromatic carbocycles. The highest BCUT2D eigenvalue weighted by atomic mass is 32.2. The lowest BCUT2D eigenvalue weighted by atomic mass is 10.3. The summed E-state index contributed by atoms with van der Waals surface area (Å²) in [6, 6.07) is 0. The SMILES string of the molecule is CCCSCC1=CCC=C1. The van der Waals surface area contributed by atoms with Crippen LogP contribution in [0.15, 0.2) is 23.8 Å². The Bertz CT molecular complexity index is 145. The molecule has 0 radical (unpaired) electrons. The first-order valence-electron chi connectivity index (χ1n) is 3.87. The molecule has 0 aliphatic heterocycles. The summed E-state index contributed by atoms with van der Waals surface area (Å²) in [6.45, 7) is 2.23. The van der Waals surface area contributed by atoms with Crippen molar-refractivity contribution >= 4 is 11.8 Å². The quantitative estimate of drug-likeness (QED) is 0.561. The van der Waals surface area contributed by atoms with Crippen LogP contribution in [0.25, 0.3) is 0 Å². The molecule has 10 heavy (non-hydrogen) atoms. The zero-order valence-electron chi connectivity index (χ0n) is 6.47. The zero-order valence-corrected chi connectivity index (χ0v) is 7.29. The monoisotopic (exact) mass is 154 g/mol.